The summed E-state index contributed by atoms with van der Waals surface area (Å²) < 4.78 is 10.7. The van der Waals surface area contributed by atoms with E-state index in [2.05, 4.69) is 22.0 Å². The maximum Gasteiger partial charge on any atom is 0.232 e. The van der Waals surface area contributed by atoms with Gasteiger partial charge in [0.25, 0.3) is 0 Å². The third kappa shape index (κ3) is 3.74. The van der Waals surface area contributed by atoms with Crippen molar-refractivity contribution in [1.82, 2.24) is 20.0 Å². The Morgan fingerprint density at radius 3 is 2.79 bits per heavy atom. The zero-order chi connectivity index (χ0) is 19.5. The van der Waals surface area contributed by atoms with Crippen LogP contribution in [0, 0.1) is 5.92 Å². The first-order valence-electron chi connectivity index (χ1n) is 9.28. The molecule has 2 atom stereocenters. The van der Waals surface area contributed by atoms with E-state index < -0.39 is 0 Å². The molecule has 1 fully saturated rings. The van der Waals surface area contributed by atoms with Crippen LogP contribution in [0.4, 0.5) is 0 Å². The van der Waals surface area contributed by atoms with E-state index >= 15 is 0 Å². The topological polar surface area (TPSA) is 81.4 Å². The molecule has 3 heterocycles. The van der Waals surface area contributed by atoms with Gasteiger partial charge in [-0.25, -0.2) is 0 Å². The van der Waals surface area contributed by atoms with Gasteiger partial charge in [-0.15, -0.1) is 0 Å². The van der Waals surface area contributed by atoms with Gasteiger partial charge in [-0.2, -0.15) is 4.98 Å². The highest BCUT2D eigenvalue weighted by Gasteiger charge is 2.36. The van der Waals surface area contributed by atoms with E-state index in [1.54, 1.807) is 19.5 Å². The molecule has 1 aliphatic heterocycles. The minimum atomic E-state index is 0.0396. The van der Waals surface area contributed by atoms with E-state index in [-0.39, 0.29) is 17.7 Å². The molecule has 1 saturated heterocycles. The molecular weight excluding hydrogens is 356 g/mol. The molecule has 3 aromatic rings. The number of hydrogen-bond acceptors (Lipinski definition) is 6. The van der Waals surface area contributed by atoms with Gasteiger partial charge in [-0.3, -0.25) is 9.78 Å². The Hall–Kier alpha value is -3.22. The van der Waals surface area contributed by atoms with Gasteiger partial charge in [0.2, 0.25) is 17.6 Å². The Bertz CT molecular complexity index is 940. The molecular formula is C21H22N4O3. The highest BCUT2D eigenvalue weighted by Crippen LogP contribution is 2.32. The fourth-order valence-electron chi connectivity index (χ4n) is 3.52. The van der Waals surface area contributed by atoms with E-state index in [0.717, 1.165) is 16.9 Å². The minimum Gasteiger partial charge on any atom is -0.497 e. The third-order valence-corrected chi connectivity index (χ3v) is 5.16. The summed E-state index contributed by atoms with van der Waals surface area (Å²) in [5.74, 6) is 2.28. The Balaban J connectivity index is 1.42. The van der Waals surface area contributed by atoms with E-state index in [9.17, 15) is 4.79 Å². The van der Waals surface area contributed by atoms with Gasteiger partial charge < -0.3 is 14.2 Å². The van der Waals surface area contributed by atoms with Gasteiger partial charge in [0.05, 0.1) is 19.4 Å². The van der Waals surface area contributed by atoms with Gasteiger partial charge in [0, 0.05) is 31.0 Å². The Morgan fingerprint density at radius 2 is 2.07 bits per heavy atom. The van der Waals surface area contributed by atoms with Crippen LogP contribution >= 0.6 is 0 Å². The van der Waals surface area contributed by atoms with Crippen molar-refractivity contribution in [2.75, 3.05) is 20.2 Å². The number of pyridine rings is 1. The van der Waals surface area contributed by atoms with Crippen LogP contribution in [0.2, 0.25) is 0 Å². The second-order valence-corrected chi connectivity index (χ2v) is 7.11. The van der Waals surface area contributed by atoms with Crippen LogP contribution in [-0.4, -0.2) is 46.1 Å². The van der Waals surface area contributed by atoms with Crippen molar-refractivity contribution in [3.63, 3.8) is 0 Å². The van der Waals surface area contributed by atoms with Crippen LogP contribution < -0.4 is 4.74 Å². The van der Waals surface area contributed by atoms with E-state index in [0.29, 0.717) is 31.2 Å². The molecule has 7 heteroatoms. The predicted octanol–water partition coefficient (Wildman–Crippen LogP) is 2.94. The number of amides is 1. The summed E-state index contributed by atoms with van der Waals surface area (Å²) in [5.41, 5.74) is 1.79. The van der Waals surface area contributed by atoms with Gasteiger partial charge in [-0.1, -0.05) is 24.2 Å². The molecule has 0 aliphatic carbocycles. The lowest BCUT2D eigenvalue weighted by molar-refractivity contribution is -0.129. The lowest BCUT2D eigenvalue weighted by Crippen LogP contribution is -2.30. The Morgan fingerprint density at radius 1 is 1.25 bits per heavy atom. The van der Waals surface area contributed by atoms with E-state index in [1.165, 1.54) is 0 Å². The van der Waals surface area contributed by atoms with Crippen LogP contribution in [0.15, 0.2) is 53.3 Å². The SMILES string of the molecule is COc1ccc(CC(=O)N2CC(C)C(c3nc(-c4cccnc4)no3)C2)cc1. The number of rotatable bonds is 5. The number of hydrogen-bond donors (Lipinski definition) is 0. The first-order chi connectivity index (χ1) is 13.6. The van der Waals surface area contributed by atoms with Crippen LogP contribution in [0.25, 0.3) is 11.4 Å². The fraction of sp³-hybridized carbons (Fsp3) is 0.333. The van der Waals surface area contributed by atoms with E-state index in [1.807, 2.05) is 41.3 Å². The predicted molar refractivity (Wildman–Crippen MR) is 103 cm³/mol. The Labute approximate surface area is 163 Å². The first kappa shape index (κ1) is 18.2. The summed E-state index contributed by atoms with van der Waals surface area (Å²) in [6.45, 7) is 3.38. The normalized spacial score (nSPS) is 19.0. The standard InChI is InChI=1S/C21H22N4O3/c1-14-12-25(19(26)10-15-5-7-17(27-2)8-6-15)13-18(14)21-23-20(24-28-21)16-4-3-9-22-11-16/h3-9,11,14,18H,10,12-13H2,1-2H3. The Kier molecular flexibility index (Phi) is 5.06. The largest absolute Gasteiger partial charge is 0.497 e. The van der Waals surface area contributed by atoms with Crippen molar-refractivity contribution in [2.45, 2.75) is 19.3 Å². The summed E-state index contributed by atoms with van der Waals surface area (Å²) in [6.07, 6.45) is 3.78. The molecule has 0 radical (unpaired) electrons. The molecule has 0 bridgehead atoms. The molecule has 0 N–H and O–H groups in total. The van der Waals surface area contributed by atoms with Gasteiger partial charge in [-0.05, 0) is 35.7 Å². The molecule has 1 amide bonds. The third-order valence-electron chi connectivity index (χ3n) is 5.16. The molecule has 28 heavy (non-hydrogen) atoms. The molecule has 2 aromatic heterocycles. The van der Waals surface area contributed by atoms with Crippen LogP contribution in [-0.2, 0) is 11.2 Å². The van der Waals surface area contributed by atoms with Crippen molar-refractivity contribution in [2.24, 2.45) is 5.92 Å². The van der Waals surface area contributed by atoms with Crippen molar-refractivity contribution >= 4 is 5.91 Å². The zero-order valence-electron chi connectivity index (χ0n) is 15.9. The molecule has 0 spiro atoms. The monoisotopic (exact) mass is 378 g/mol. The van der Waals surface area contributed by atoms with Gasteiger partial charge in [0.15, 0.2) is 0 Å². The van der Waals surface area contributed by atoms with Crippen molar-refractivity contribution in [3.8, 4) is 17.1 Å². The molecule has 2 unspecified atom stereocenters. The number of likely N-dealkylation sites (tertiary alicyclic amines) is 1. The molecule has 1 aliphatic rings. The second kappa shape index (κ2) is 7.80. The molecule has 7 nitrogen and oxygen atoms in total. The molecule has 0 saturated carbocycles. The van der Waals surface area contributed by atoms with Crippen LogP contribution in [0.5, 0.6) is 5.75 Å². The minimum absolute atomic E-state index is 0.0396. The summed E-state index contributed by atoms with van der Waals surface area (Å²) in [7, 11) is 1.63. The van der Waals surface area contributed by atoms with Crippen molar-refractivity contribution in [1.29, 1.82) is 0 Å². The lowest BCUT2D eigenvalue weighted by Gasteiger charge is -2.16. The van der Waals surface area contributed by atoms with Crippen LogP contribution in [0.1, 0.15) is 24.3 Å². The van der Waals surface area contributed by atoms with Crippen LogP contribution in [0.3, 0.4) is 0 Å². The van der Waals surface area contributed by atoms with Crippen molar-refractivity contribution in [3.05, 3.63) is 60.2 Å². The second-order valence-electron chi connectivity index (χ2n) is 7.11. The quantitative estimate of drug-likeness (QED) is 0.679. The maximum absolute atomic E-state index is 12.7. The highest BCUT2D eigenvalue weighted by atomic mass is 16.5. The number of ether oxygens (including phenoxy) is 1. The maximum atomic E-state index is 12.7. The number of methoxy groups -OCH3 is 1. The number of benzene rings is 1. The number of aromatic nitrogens is 3. The molecule has 144 valence electrons. The van der Waals surface area contributed by atoms with Gasteiger partial charge in [0.1, 0.15) is 5.75 Å². The zero-order valence-corrected chi connectivity index (χ0v) is 15.9. The number of carbonyl (C=O) groups excluding carboxylic acids is 1. The molecule has 4 rings (SSSR count). The molecule has 1 aromatic carbocycles. The summed E-state index contributed by atoms with van der Waals surface area (Å²) >= 11 is 0. The fourth-order valence-corrected chi connectivity index (χ4v) is 3.52. The van der Waals surface area contributed by atoms with Gasteiger partial charge >= 0.3 is 0 Å². The number of carbonyl (C=O) groups is 1. The average Bonchev–Trinajstić information content (AvgIpc) is 3.36. The first-order valence-corrected chi connectivity index (χ1v) is 9.28. The lowest BCUT2D eigenvalue weighted by atomic mass is 9.98. The number of nitrogens with zero attached hydrogens (tertiary/aromatic N) is 4. The average molecular weight is 378 g/mol. The van der Waals surface area contributed by atoms with E-state index in [4.69, 9.17) is 9.26 Å². The smallest absolute Gasteiger partial charge is 0.232 e. The highest BCUT2D eigenvalue weighted by molar-refractivity contribution is 5.79. The summed E-state index contributed by atoms with van der Waals surface area (Å²) in [4.78, 5) is 23.2. The summed E-state index contributed by atoms with van der Waals surface area (Å²) in [6, 6.07) is 11.3. The van der Waals surface area contributed by atoms with Crippen molar-refractivity contribution < 1.29 is 14.1 Å². The summed E-state index contributed by atoms with van der Waals surface area (Å²) in [5, 5.41) is 4.08.